The lowest BCUT2D eigenvalue weighted by Crippen LogP contribution is -1.95. The van der Waals surface area contributed by atoms with E-state index in [4.69, 9.17) is 5.73 Å². The summed E-state index contributed by atoms with van der Waals surface area (Å²) in [5, 5.41) is 4.26. The van der Waals surface area contributed by atoms with Gasteiger partial charge in [-0.05, 0) is 18.6 Å². The molecule has 0 saturated heterocycles. The number of aromatic nitrogens is 2. The van der Waals surface area contributed by atoms with E-state index in [1.165, 1.54) is 0 Å². The van der Waals surface area contributed by atoms with Crippen molar-refractivity contribution >= 4 is 17.3 Å². The molecule has 0 spiro atoms. The summed E-state index contributed by atoms with van der Waals surface area (Å²) in [7, 11) is 1.72. The summed E-state index contributed by atoms with van der Waals surface area (Å²) in [5.41, 5.74) is 9.71. The monoisotopic (exact) mass is 214 g/mol. The maximum absolute atomic E-state index is 5.56. The van der Waals surface area contributed by atoms with Gasteiger partial charge in [0.25, 0.3) is 0 Å². The summed E-state index contributed by atoms with van der Waals surface area (Å²) in [6.45, 7) is 2.04. The van der Waals surface area contributed by atoms with E-state index in [-0.39, 0.29) is 0 Å². The molecule has 0 bridgehead atoms. The molecule has 0 amide bonds. The van der Waals surface area contributed by atoms with Crippen molar-refractivity contribution in [1.29, 1.82) is 0 Å². The average molecular weight is 214 g/mol. The van der Waals surface area contributed by atoms with Crippen LogP contribution in [0.3, 0.4) is 0 Å². The molecule has 0 aromatic carbocycles. The number of nitrogens with two attached hydrogens (primary N) is 1. The van der Waals surface area contributed by atoms with Gasteiger partial charge in [0.1, 0.15) is 0 Å². The second-order valence-electron chi connectivity index (χ2n) is 3.58. The molecule has 0 aliphatic carbocycles. The molecule has 4 heteroatoms. The number of fused-ring (bicyclic) bond motifs is 1. The average Bonchev–Trinajstić information content (AvgIpc) is 2.67. The predicted molar refractivity (Wildman–Crippen MR) is 66.5 cm³/mol. The van der Waals surface area contributed by atoms with Crippen molar-refractivity contribution in [2.45, 2.75) is 6.92 Å². The summed E-state index contributed by atoms with van der Waals surface area (Å²) in [4.78, 5) is 3.97. The van der Waals surface area contributed by atoms with Crippen molar-refractivity contribution in [3.63, 3.8) is 0 Å². The minimum atomic E-state index is 0.887. The second-order valence-corrected chi connectivity index (χ2v) is 3.58. The minimum Gasteiger partial charge on any atom is -0.404 e. The molecule has 0 saturated carbocycles. The topological polar surface area (TPSA) is 55.7 Å². The summed E-state index contributed by atoms with van der Waals surface area (Å²) in [6, 6.07) is 4.05. The highest BCUT2D eigenvalue weighted by Crippen LogP contribution is 2.15. The molecule has 2 aromatic heterocycles. The van der Waals surface area contributed by atoms with Gasteiger partial charge in [0, 0.05) is 36.8 Å². The lowest BCUT2D eigenvalue weighted by Gasteiger charge is -2.02. The Kier molecular flexibility index (Phi) is 2.72. The van der Waals surface area contributed by atoms with Crippen LogP contribution < -0.4 is 5.73 Å². The zero-order chi connectivity index (χ0) is 11.5. The van der Waals surface area contributed by atoms with Crippen LogP contribution in [0.5, 0.6) is 0 Å². The number of rotatable bonds is 2. The number of nitrogens with zero attached hydrogens (tertiary/aromatic N) is 3. The Hall–Kier alpha value is -2.10. The van der Waals surface area contributed by atoms with Crippen LogP contribution in [-0.2, 0) is 0 Å². The Morgan fingerprint density at radius 2 is 2.31 bits per heavy atom. The normalized spacial score (nSPS) is 12.8. The van der Waals surface area contributed by atoms with Gasteiger partial charge in [-0.2, -0.15) is 5.10 Å². The summed E-state index contributed by atoms with van der Waals surface area (Å²) < 4.78 is 1.84. The van der Waals surface area contributed by atoms with E-state index in [9.17, 15) is 0 Å². The molecular weight excluding hydrogens is 200 g/mol. The van der Waals surface area contributed by atoms with Gasteiger partial charge in [-0.1, -0.05) is 6.07 Å². The van der Waals surface area contributed by atoms with Crippen LogP contribution in [0.25, 0.3) is 11.1 Å². The number of pyridine rings is 1. The first-order chi connectivity index (χ1) is 7.76. The molecule has 0 atom stereocenters. The maximum atomic E-state index is 5.56. The highest BCUT2D eigenvalue weighted by atomic mass is 15.2. The van der Waals surface area contributed by atoms with Crippen molar-refractivity contribution in [3.8, 4) is 0 Å². The van der Waals surface area contributed by atoms with E-state index in [1.54, 1.807) is 19.5 Å². The van der Waals surface area contributed by atoms with Gasteiger partial charge in [-0.15, -0.1) is 0 Å². The fourth-order valence-electron chi connectivity index (χ4n) is 1.64. The molecule has 2 rings (SSSR count). The molecule has 82 valence electrons. The third-order valence-electron chi connectivity index (χ3n) is 2.49. The van der Waals surface area contributed by atoms with Crippen LogP contribution in [0, 0.1) is 6.92 Å². The third-order valence-corrected chi connectivity index (χ3v) is 2.49. The molecule has 4 nitrogen and oxygen atoms in total. The van der Waals surface area contributed by atoms with E-state index in [0.29, 0.717) is 0 Å². The molecule has 0 radical (unpaired) electrons. The molecule has 0 unspecified atom stereocenters. The number of hydrogen-bond acceptors (Lipinski definition) is 3. The largest absolute Gasteiger partial charge is 0.404 e. The van der Waals surface area contributed by atoms with Gasteiger partial charge in [0.15, 0.2) is 0 Å². The quantitative estimate of drug-likeness (QED) is 0.773. The number of aliphatic imine (C=N–C) groups is 1. The van der Waals surface area contributed by atoms with Gasteiger partial charge >= 0.3 is 0 Å². The summed E-state index contributed by atoms with van der Waals surface area (Å²) in [5.74, 6) is 0. The van der Waals surface area contributed by atoms with Gasteiger partial charge < -0.3 is 5.73 Å². The molecule has 16 heavy (non-hydrogen) atoms. The fourth-order valence-corrected chi connectivity index (χ4v) is 1.64. The molecular formula is C12H14N4. The van der Waals surface area contributed by atoms with Crippen molar-refractivity contribution < 1.29 is 0 Å². The predicted octanol–water partition coefficient (Wildman–Crippen LogP) is 1.64. The first kappa shape index (κ1) is 10.4. The Labute approximate surface area is 94.1 Å². The van der Waals surface area contributed by atoms with Gasteiger partial charge in [0.2, 0.25) is 0 Å². The third kappa shape index (κ3) is 1.69. The van der Waals surface area contributed by atoms with Crippen molar-refractivity contribution in [2.75, 3.05) is 7.05 Å². The van der Waals surface area contributed by atoms with E-state index in [2.05, 4.69) is 10.1 Å². The summed E-state index contributed by atoms with van der Waals surface area (Å²) >= 11 is 0. The Morgan fingerprint density at radius 1 is 1.50 bits per heavy atom. The van der Waals surface area contributed by atoms with E-state index in [0.717, 1.165) is 22.2 Å². The number of hydrogen-bond donors (Lipinski definition) is 1. The van der Waals surface area contributed by atoms with Crippen molar-refractivity contribution in [2.24, 2.45) is 10.7 Å². The zero-order valence-electron chi connectivity index (χ0n) is 9.38. The lowest BCUT2D eigenvalue weighted by molar-refractivity contribution is 0.958. The molecule has 0 fully saturated rings. The van der Waals surface area contributed by atoms with Crippen LogP contribution in [0.15, 0.2) is 35.7 Å². The Balaban J connectivity index is 2.54. The number of allylic oxidation sites excluding steroid dienone is 1. The van der Waals surface area contributed by atoms with E-state index >= 15 is 0 Å². The highest BCUT2D eigenvalue weighted by Gasteiger charge is 2.02. The van der Waals surface area contributed by atoms with Gasteiger partial charge in [0.05, 0.1) is 11.7 Å². The van der Waals surface area contributed by atoms with Crippen LogP contribution in [0.2, 0.25) is 0 Å². The van der Waals surface area contributed by atoms with Crippen molar-refractivity contribution in [1.82, 2.24) is 9.61 Å². The fraction of sp³-hybridized carbons (Fsp3) is 0.167. The lowest BCUT2D eigenvalue weighted by atomic mass is 10.1. The Morgan fingerprint density at radius 3 is 3.00 bits per heavy atom. The second kappa shape index (κ2) is 4.18. The van der Waals surface area contributed by atoms with Crippen LogP contribution in [0.4, 0.5) is 0 Å². The molecule has 2 heterocycles. The standard InChI is InChI=1S/C12H14N4/c1-9-6-15-16-8-10(3-4-12(9)16)11(5-13)7-14-2/h3-8H,13H2,1-2H3. The smallest absolute Gasteiger partial charge is 0.0691 e. The van der Waals surface area contributed by atoms with Crippen LogP contribution >= 0.6 is 0 Å². The van der Waals surface area contributed by atoms with Crippen LogP contribution in [0.1, 0.15) is 11.1 Å². The van der Waals surface area contributed by atoms with Gasteiger partial charge in [-0.25, -0.2) is 4.52 Å². The Bertz CT molecular complexity index is 563. The first-order valence-corrected chi connectivity index (χ1v) is 5.04. The van der Waals surface area contributed by atoms with Crippen molar-refractivity contribution in [3.05, 3.63) is 41.9 Å². The first-order valence-electron chi connectivity index (χ1n) is 5.04. The molecule has 2 aromatic rings. The van der Waals surface area contributed by atoms with Gasteiger partial charge in [-0.3, -0.25) is 4.99 Å². The molecule has 0 aliphatic rings. The van der Waals surface area contributed by atoms with E-state index in [1.807, 2.05) is 36.0 Å². The van der Waals surface area contributed by atoms with Crippen LogP contribution in [-0.4, -0.2) is 22.9 Å². The van der Waals surface area contributed by atoms with E-state index < -0.39 is 0 Å². The molecule has 2 N–H and O–H groups in total. The maximum Gasteiger partial charge on any atom is 0.0691 e. The zero-order valence-corrected chi connectivity index (χ0v) is 9.38. The summed E-state index contributed by atoms with van der Waals surface area (Å²) in [6.07, 6.45) is 7.07. The molecule has 0 aliphatic heterocycles. The number of aryl methyl sites for hydroxylation is 1. The minimum absolute atomic E-state index is 0.887. The SMILES string of the molecule is CN=CC(=CN)c1ccc2c(C)cnn2c1. The highest BCUT2D eigenvalue weighted by molar-refractivity contribution is 6.09.